The number of aliphatic carboxylic acids is 1. The lowest BCUT2D eigenvalue weighted by atomic mass is 10.1. The standard InChI is InChI=1S/C13H17NO5/c1-8-6-11(19-3)9(7-10(8)18-2)13(17)14-5-4-12(15)16/h6-7H,4-5H2,1-3H3,(H,14,17)(H,15,16). The summed E-state index contributed by atoms with van der Waals surface area (Å²) in [5.74, 6) is -0.361. The Morgan fingerprint density at radius 3 is 2.37 bits per heavy atom. The molecular weight excluding hydrogens is 250 g/mol. The molecule has 0 aliphatic carbocycles. The fourth-order valence-electron chi connectivity index (χ4n) is 1.61. The van der Waals surface area contributed by atoms with E-state index < -0.39 is 11.9 Å². The number of benzene rings is 1. The Balaban J connectivity index is 2.91. The van der Waals surface area contributed by atoms with E-state index in [9.17, 15) is 9.59 Å². The summed E-state index contributed by atoms with van der Waals surface area (Å²) in [5.41, 5.74) is 1.16. The summed E-state index contributed by atoms with van der Waals surface area (Å²) in [6.45, 7) is 1.90. The minimum Gasteiger partial charge on any atom is -0.496 e. The highest BCUT2D eigenvalue weighted by atomic mass is 16.5. The van der Waals surface area contributed by atoms with Gasteiger partial charge in [-0.3, -0.25) is 9.59 Å². The molecule has 0 aliphatic heterocycles. The van der Waals surface area contributed by atoms with Crippen LogP contribution in [0.3, 0.4) is 0 Å². The smallest absolute Gasteiger partial charge is 0.305 e. The fraction of sp³-hybridized carbons (Fsp3) is 0.385. The van der Waals surface area contributed by atoms with Gasteiger partial charge < -0.3 is 19.9 Å². The number of amides is 1. The number of ether oxygens (including phenoxy) is 2. The van der Waals surface area contributed by atoms with Crippen molar-refractivity contribution in [2.45, 2.75) is 13.3 Å². The number of carbonyl (C=O) groups is 2. The van der Waals surface area contributed by atoms with Gasteiger partial charge in [-0.25, -0.2) is 0 Å². The van der Waals surface area contributed by atoms with Crippen LogP contribution in [0.5, 0.6) is 11.5 Å². The van der Waals surface area contributed by atoms with E-state index >= 15 is 0 Å². The Kier molecular flexibility index (Phi) is 5.17. The van der Waals surface area contributed by atoms with Crippen molar-refractivity contribution in [2.75, 3.05) is 20.8 Å². The first-order chi connectivity index (χ1) is 8.99. The molecule has 0 radical (unpaired) electrons. The maximum atomic E-state index is 11.9. The van der Waals surface area contributed by atoms with Gasteiger partial charge in [0.1, 0.15) is 11.5 Å². The Hall–Kier alpha value is -2.24. The molecule has 1 aromatic carbocycles. The molecule has 2 N–H and O–H groups in total. The van der Waals surface area contributed by atoms with Crippen LogP contribution in [0, 0.1) is 6.92 Å². The summed E-state index contributed by atoms with van der Waals surface area (Å²) >= 11 is 0. The number of hydrogen-bond donors (Lipinski definition) is 2. The highest BCUT2D eigenvalue weighted by molar-refractivity contribution is 5.97. The van der Waals surface area contributed by atoms with Gasteiger partial charge in [0.2, 0.25) is 0 Å². The topological polar surface area (TPSA) is 84.9 Å². The van der Waals surface area contributed by atoms with Gasteiger partial charge >= 0.3 is 5.97 Å². The summed E-state index contributed by atoms with van der Waals surface area (Å²) in [4.78, 5) is 22.3. The molecule has 1 amide bonds. The largest absolute Gasteiger partial charge is 0.496 e. The number of carbonyl (C=O) groups excluding carboxylic acids is 1. The van der Waals surface area contributed by atoms with Gasteiger partial charge in [0, 0.05) is 6.54 Å². The molecule has 0 bridgehead atoms. The predicted octanol–water partition coefficient (Wildman–Crippen LogP) is 1.22. The van der Waals surface area contributed by atoms with Crippen LogP contribution in [-0.4, -0.2) is 37.7 Å². The number of carboxylic acids is 1. The van der Waals surface area contributed by atoms with Gasteiger partial charge in [0.15, 0.2) is 0 Å². The molecule has 0 heterocycles. The minimum atomic E-state index is -0.964. The predicted molar refractivity (Wildman–Crippen MR) is 68.9 cm³/mol. The van der Waals surface area contributed by atoms with Gasteiger partial charge in [0.05, 0.1) is 26.2 Å². The average Bonchev–Trinajstić information content (AvgIpc) is 2.37. The first kappa shape index (κ1) is 14.8. The molecule has 0 aromatic heterocycles. The second-order valence-electron chi connectivity index (χ2n) is 3.92. The molecule has 104 valence electrons. The van der Waals surface area contributed by atoms with E-state index in [2.05, 4.69) is 5.32 Å². The Labute approximate surface area is 111 Å². The average molecular weight is 267 g/mol. The number of carboxylic acid groups (broad SMARTS) is 1. The van der Waals surface area contributed by atoms with Crippen LogP contribution >= 0.6 is 0 Å². The van der Waals surface area contributed by atoms with Crippen molar-refractivity contribution in [1.82, 2.24) is 5.32 Å². The van der Waals surface area contributed by atoms with Gasteiger partial charge in [-0.05, 0) is 24.6 Å². The normalized spacial score (nSPS) is 9.84. The van der Waals surface area contributed by atoms with Crippen molar-refractivity contribution in [3.8, 4) is 11.5 Å². The lowest BCUT2D eigenvalue weighted by molar-refractivity contribution is -0.136. The Bertz CT molecular complexity index is 484. The van der Waals surface area contributed by atoms with E-state index in [1.165, 1.54) is 14.2 Å². The minimum absolute atomic E-state index is 0.0630. The fourth-order valence-corrected chi connectivity index (χ4v) is 1.61. The van der Waals surface area contributed by atoms with Crippen LogP contribution in [0.2, 0.25) is 0 Å². The highest BCUT2D eigenvalue weighted by Gasteiger charge is 2.15. The molecule has 0 atom stereocenters. The molecule has 1 aromatic rings. The van der Waals surface area contributed by atoms with E-state index in [0.29, 0.717) is 17.1 Å². The summed E-state index contributed by atoms with van der Waals surface area (Å²) in [7, 11) is 2.98. The third kappa shape index (κ3) is 3.87. The second-order valence-corrected chi connectivity index (χ2v) is 3.92. The quantitative estimate of drug-likeness (QED) is 0.809. The molecular formula is C13H17NO5. The Morgan fingerprint density at radius 1 is 1.21 bits per heavy atom. The van der Waals surface area contributed by atoms with Crippen molar-refractivity contribution in [3.05, 3.63) is 23.3 Å². The monoisotopic (exact) mass is 267 g/mol. The summed E-state index contributed by atoms with van der Waals surface area (Å²) in [6.07, 6.45) is -0.128. The Morgan fingerprint density at radius 2 is 1.84 bits per heavy atom. The van der Waals surface area contributed by atoms with E-state index in [1.54, 1.807) is 12.1 Å². The van der Waals surface area contributed by atoms with Gasteiger partial charge in [0.25, 0.3) is 5.91 Å². The molecule has 6 heteroatoms. The maximum absolute atomic E-state index is 11.9. The van der Waals surface area contributed by atoms with E-state index in [4.69, 9.17) is 14.6 Å². The van der Waals surface area contributed by atoms with Crippen molar-refractivity contribution < 1.29 is 24.2 Å². The van der Waals surface area contributed by atoms with Gasteiger partial charge in [-0.15, -0.1) is 0 Å². The first-order valence-electron chi connectivity index (χ1n) is 5.72. The van der Waals surface area contributed by atoms with E-state index in [1.807, 2.05) is 6.92 Å². The summed E-state index contributed by atoms with van der Waals surface area (Å²) in [5, 5.41) is 11.0. The molecule has 0 saturated carbocycles. The van der Waals surface area contributed by atoms with Crippen molar-refractivity contribution >= 4 is 11.9 Å². The van der Waals surface area contributed by atoms with Crippen LogP contribution in [0.4, 0.5) is 0 Å². The first-order valence-corrected chi connectivity index (χ1v) is 5.72. The van der Waals surface area contributed by atoms with Crippen LogP contribution in [0.1, 0.15) is 22.3 Å². The van der Waals surface area contributed by atoms with Crippen molar-refractivity contribution in [2.24, 2.45) is 0 Å². The zero-order valence-electron chi connectivity index (χ0n) is 11.1. The number of aryl methyl sites for hydroxylation is 1. The number of methoxy groups -OCH3 is 2. The maximum Gasteiger partial charge on any atom is 0.305 e. The van der Waals surface area contributed by atoms with E-state index in [0.717, 1.165) is 5.56 Å². The SMILES string of the molecule is COc1cc(C(=O)NCCC(=O)O)c(OC)cc1C. The zero-order valence-corrected chi connectivity index (χ0v) is 11.1. The molecule has 0 unspecified atom stereocenters. The molecule has 1 rings (SSSR count). The number of hydrogen-bond acceptors (Lipinski definition) is 4. The highest BCUT2D eigenvalue weighted by Crippen LogP contribution is 2.28. The lowest BCUT2D eigenvalue weighted by Crippen LogP contribution is -2.26. The van der Waals surface area contributed by atoms with Crippen LogP contribution < -0.4 is 14.8 Å². The van der Waals surface area contributed by atoms with Gasteiger partial charge in [-0.2, -0.15) is 0 Å². The van der Waals surface area contributed by atoms with Crippen LogP contribution in [0.25, 0.3) is 0 Å². The number of rotatable bonds is 6. The molecule has 0 aliphatic rings. The van der Waals surface area contributed by atoms with Crippen molar-refractivity contribution in [3.63, 3.8) is 0 Å². The third-order valence-corrected chi connectivity index (χ3v) is 2.59. The molecule has 0 saturated heterocycles. The summed E-state index contributed by atoms with van der Waals surface area (Å²) in [6, 6.07) is 3.27. The lowest BCUT2D eigenvalue weighted by Gasteiger charge is -2.12. The molecule has 6 nitrogen and oxygen atoms in total. The van der Waals surface area contributed by atoms with Crippen molar-refractivity contribution in [1.29, 1.82) is 0 Å². The third-order valence-electron chi connectivity index (χ3n) is 2.59. The second kappa shape index (κ2) is 6.63. The molecule has 0 spiro atoms. The van der Waals surface area contributed by atoms with Crippen LogP contribution in [-0.2, 0) is 4.79 Å². The molecule has 0 fully saturated rings. The van der Waals surface area contributed by atoms with E-state index in [-0.39, 0.29) is 13.0 Å². The number of nitrogens with one attached hydrogen (secondary N) is 1. The molecule has 19 heavy (non-hydrogen) atoms. The zero-order chi connectivity index (χ0) is 14.4. The van der Waals surface area contributed by atoms with Crippen LogP contribution in [0.15, 0.2) is 12.1 Å². The van der Waals surface area contributed by atoms with Gasteiger partial charge in [-0.1, -0.05) is 0 Å². The summed E-state index contributed by atoms with van der Waals surface area (Å²) < 4.78 is 10.3.